The smallest absolute Gasteiger partial charge is 0.384 e. The summed E-state index contributed by atoms with van der Waals surface area (Å²) in [7, 11) is -2.68. The van der Waals surface area contributed by atoms with Crippen molar-refractivity contribution in [1.29, 1.82) is 0 Å². The first-order chi connectivity index (χ1) is 30.5. The number of likely N-dealkylation sites (tertiary alicyclic amines) is 1. The number of rotatable bonds is 12. The Labute approximate surface area is 329 Å². The van der Waals surface area contributed by atoms with Crippen LogP contribution in [0.3, 0.4) is 0 Å². The summed E-state index contributed by atoms with van der Waals surface area (Å²) in [6.45, 7) is -5.28. The van der Waals surface area contributed by atoms with Crippen molar-refractivity contribution >= 4 is 23.4 Å². The molecule has 0 spiro atoms. The fourth-order valence-corrected chi connectivity index (χ4v) is 6.63. The molecule has 6 rings (SSSR count). The number of benzene rings is 4. The Kier molecular flexibility index (Phi) is 7.93. The molecule has 0 radical (unpaired) electrons. The average Bonchev–Trinajstić information content (AvgIpc) is 3.24. The number of anilines is 1. The van der Waals surface area contributed by atoms with Gasteiger partial charge in [0.15, 0.2) is 11.6 Å². The van der Waals surface area contributed by atoms with Crippen LogP contribution in [0.5, 0.6) is 0 Å². The fourth-order valence-electron chi connectivity index (χ4n) is 5.87. The number of carbonyl (C=O) groups excluding carboxylic acids is 1. The number of alkyl halides is 3. The van der Waals surface area contributed by atoms with E-state index in [1.807, 2.05) is 0 Å². The van der Waals surface area contributed by atoms with E-state index in [1.165, 1.54) is 43.3 Å². The van der Waals surface area contributed by atoms with Gasteiger partial charge in [0.1, 0.15) is 12.6 Å². The summed E-state index contributed by atoms with van der Waals surface area (Å²) < 4.78 is 188. The summed E-state index contributed by atoms with van der Waals surface area (Å²) >= 11 is -0.133. The molecular weight excluding hydrogens is 710 g/mol. The van der Waals surface area contributed by atoms with E-state index >= 15 is 9.18 Å². The van der Waals surface area contributed by atoms with Gasteiger partial charge in [-0.3, -0.25) is 4.79 Å². The molecule has 0 aromatic heterocycles. The molecule has 1 unspecified atom stereocenters. The highest BCUT2D eigenvalue weighted by Crippen LogP contribution is 2.41. The monoisotopic (exact) mass is 764 g/mol. The Morgan fingerprint density at radius 3 is 2.43 bits per heavy atom. The summed E-state index contributed by atoms with van der Waals surface area (Å²) in [5.41, 5.74) is -6.12. The van der Waals surface area contributed by atoms with E-state index in [0.29, 0.717) is 27.0 Å². The largest absolute Gasteiger partial charge is 0.416 e. The second-order valence-corrected chi connectivity index (χ2v) is 13.0. The van der Waals surface area contributed by atoms with Gasteiger partial charge in [-0.1, -0.05) is 66.2 Å². The van der Waals surface area contributed by atoms with Crippen molar-refractivity contribution < 1.29 is 54.4 Å². The van der Waals surface area contributed by atoms with E-state index in [-0.39, 0.29) is 62.0 Å². The van der Waals surface area contributed by atoms with Crippen molar-refractivity contribution in [1.82, 2.24) is 9.80 Å². The molecule has 1 saturated heterocycles. The number of piperidine rings is 1. The summed E-state index contributed by atoms with van der Waals surface area (Å²) in [5.74, 6) is -4.80. The number of fused-ring (bicyclic) bond motifs is 1. The molecule has 1 fully saturated rings. The number of ether oxygens (including phenoxy) is 1. The third-order valence-electron chi connectivity index (χ3n) is 8.65. The van der Waals surface area contributed by atoms with Gasteiger partial charge in [0.25, 0.3) is 0 Å². The van der Waals surface area contributed by atoms with Gasteiger partial charge in [0, 0.05) is 64.5 Å². The van der Waals surface area contributed by atoms with E-state index < -0.39 is 113 Å². The number of thioether (sulfide) groups is 1. The number of halogens is 5. The van der Waals surface area contributed by atoms with Crippen LogP contribution in [-0.2, 0) is 27.9 Å². The maximum atomic E-state index is 15.3. The Hall–Kier alpha value is -4.23. The van der Waals surface area contributed by atoms with Crippen molar-refractivity contribution in [3.8, 4) is 11.1 Å². The van der Waals surface area contributed by atoms with Gasteiger partial charge in [-0.15, -0.1) is 11.8 Å². The second kappa shape index (κ2) is 16.8. The SMILES string of the molecule is [2H]C1=C(SC([2H])([2H])c2cccc(F)c2F)N(C([2H])([2H])C(=O)N(C2CCN(CCOC([2H])([2H])[2H])CC2)C([2H])([2H])c2ccc(-c3ccc(C(F)(F)F)cc3)cc2)c2c([2H])c([2H])c(C)c([2H])c2C1O. The second-order valence-electron chi connectivity index (χ2n) is 12.2. The van der Waals surface area contributed by atoms with Crippen molar-refractivity contribution in [3.63, 3.8) is 0 Å². The van der Waals surface area contributed by atoms with Crippen LogP contribution in [0.4, 0.5) is 27.6 Å². The standard InChI is InChI=1S/C41H42F5N3O3S/c1-27-6-15-36-34(22-27)37(50)23-39(53-26-31-4-3-5-35(42)40(31)43)49(36)25-38(51)48(33-16-18-47(19-17-33)20-21-52-2)24-28-7-9-29(10-8-28)30-11-13-32(14-12-30)41(44,45)46/h3-15,22-23,33,37,50H,16-21,24-26H2,1-2H3/i2D3,6D,15D,22D,23D,24D2,25D2,26D2. The molecule has 0 aliphatic carbocycles. The van der Waals surface area contributed by atoms with Gasteiger partial charge >= 0.3 is 6.18 Å². The van der Waals surface area contributed by atoms with Crippen LogP contribution in [-0.4, -0.2) is 66.6 Å². The van der Waals surface area contributed by atoms with E-state index in [4.69, 9.17) is 17.1 Å². The van der Waals surface area contributed by atoms with Crippen molar-refractivity contribution in [2.75, 3.05) is 44.7 Å². The number of aliphatic hydroxyl groups excluding tert-OH is 1. The summed E-state index contributed by atoms with van der Waals surface area (Å²) in [6, 6.07) is 7.57. The Morgan fingerprint density at radius 1 is 1.06 bits per heavy atom. The molecule has 2 heterocycles. The molecule has 12 heteroatoms. The van der Waals surface area contributed by atoms with Gasteiger partial charge in [-0.25, -0.2) is 8.78 Å². The van der Waals surface area contributed by atoms with Crippen LogP contribution in [0, 0.1) is 18.6 Å². The molecule has 2 aliphatic heterocycles. The molecule has 4 aromatic carbocycles. The fraction of sp³-hybridized carbons (Fsp3) is 0.341. The quantitative estimate of drug-likeness (QED) is 0.146. The number of amides is 1. The van der Waals surface area contributed by atoms with Gasteiger partial charge in [0.2, 0.25) is 5.91 Å². The van der Waals surface area contributed by atoms with Crippen molar-refractivity contribution in [2.24, 2.45) is 0 Å². The number of hydrogen-bond acceptors (Lipinski definition) is 6. The van der Waals surface area contributed by atoms with Crippen LogP contribution in [0.1, 0.15) is 64.6 Å². The lowest BCUT2D eigenvalue weighted by Crippen LogP contribution is -2.50. The summed E-state index contributed by atoms with van der Waals surface area (Å²) in [5, 5.41) is 10.6. The number of hydrogen-bond donors (Lipinski definition) is 1. The lowest BCUT2D eigenvalue weighted by atomic mass is 9.99. The van der Waals surface area contributed by atoms with Gasteiger partial charge in [-0.2, -0.15) is 13.2 Å². The van der Waals surface area contributed by atoms with Gasteiger partial charge in [0.05, 0.1) is 32.3 Å². The summed E-state index contributed by atoms with van der Waals surface area (Å²) in [4.78, 5) is 18.0. The molecule has 280 valence electrons. The van der Waals surface area contributed by atoms with Crippen LogP contribution in [0.25, 0.3) is 11.1 Å². The average molecular weight is 765 g/mol. The zero-order chi connectivity index (χ0) is 49.1. The number of aliphatic hydroxyl groups is 1. The highest BCUT2D eigenvalue weighted by atomic mass is 32.2. The first-order valence-corrected chi connectivity index (χ1v) is 17.2. The molecule has 0 saturated carbocycles. The maximum Gasteiger partial charge on any atom is 0.416 e. The van der Waals surface area contributed by atoms with Crippen LogP contribution in [0.2, 0.25) is 0 Å². The van der Waals surface area contributed by atoms with Crippen molar-refractivity contribution in [3.05, 3.63) is 135 Å². The minimum absolute atomic E-state index is 0.0484. The third kappa shape index (κ3) is 9.29. The number of nitrogens with zero attached hydrogens (tertiary/aromatic N) is 3. The zero-order valence-corrected chi connectivity index (χ0v) is 29.0. The number of methoxy groups -OCH3 is 1. The lowest BCUT2D eigenvalue weighted by Gasteiger charge is -2.40. The molecular formula is C41H42F5N3O3S. The first-order valence-electron chi connectivity index (χ1n) is 22.9. The van der Waals surface area contributed by atoms with Gasteiger partial charge in [-0.05, 0) is 66.7 Å². The zero-order valence-electron chi connectivity index (χ0n) is 41.2. The summed E-state index contributed by atoms with van der Waals surface area (Å²) in [6.07, 6.45) is -6.90. The minimum atomic E-state index is -4.60. The predicted molar refractivity (Wildman–Crippen MR) is 198 cm³/mol. The Bertz CT molecular complexity index is 2510. The van der Waals surface area contributed by atoms with Crippen LogP contribution < -0.4 is 4.90 Å². The topological polar surface area (TPSA) is 56.3 Å². The van der Waals surface area contributed by atoms with E-state index in [9.17, 15) is 28.2 Å². The highest BCUT2D eigenvalue weighted by Gasteiger charge is 2.33. The molecule has 1 N–H and O–H groups in total. The molecule has 4 aromatic rings. The normalized spacial score (nSPS) is 21.5. The van der Waals surface area contributed by atoms with Crippen molar-refractivity contribution in [2.45, 2.75) is 50.3 Å². The van der Waals surface area contributed by atoms with E-state index in [0.717, 1.165) is 24.3 Å². The third-order valence-corrected chi connectivity index (χ3v) is 9.47. The maximum absolute atomic E-state index is 15.3. The van der Waals surface area contributed by atoms with Crippen LogP contribution >= 0.6 is 11.8 Å². The minimum Gasteiger partial charge on any atom is -0.384 e. The predicted octanol–water partition coefficient (Wildman–Crippen LogP) is 8.73. The van der Waals surface area contributed by atoms with Crippen LogP contribution in [0.15, 0.2) is 95.9 Å². The Balaban J connectivity index is 1.48. The molecule has 2 aliphatic rings. The molecule has 6 nitrogen and oxygen atoms in total. The lowest BCUT2D eigenvalue weighted by molar-refractivity contribution is -0.137. The Morgan fingerprint density at radius 2 is 1.75 bits per heavy atom. The number of carbonyl (C=O) groups is 1. The van der Waals surface area contributed by atoms with E-state index in [2.05, 4.69) is 0 Å². The van der Waals surface area contributed by atoms with E-state index in [1.54, 1.807) is 4.90 Å². The molecule has 1 atom stereocenters. The molecule has 53 heavy (non-hydrogen) atoms. The molecule has 0 bridgehead atoms. The first kappa shape index (κ1) is 25.0. The molecule has 1 amide bonds. The highest BCUT2D eigenvalue weighted by molar-refractivity contribution is 8.02. The van der Waals surface area contributed by atoms with Gasteiger partial charge < -0.3 is 24.5 Å².